The van der Waals surface area contributed by atoms with E-state index in [0.29, 0.717) is 12.4 Å². The average Bonchev–Trinajstić information content (AvgIpc) is 3.18. The first-order valence-corrected chi connectivity index (χ1v) is 8.52. The molecule has 1 atom stereocenters. The van der Waals surface area contributed by atoms with Crippen LogP contribution in [0.5, 0.6) is 0 Å². The van der Waals surface area contributed by atoms with Crippen LogP contribution < -0.4 is 5.76 Å². The average molecular weight is 345 g/mol. The van der Waals surface area contributed by atoms with Crippen LogP contribution in [0.25, 0.3) is 10.8 Å². The molecule has 6 nitrogen and oxygen atoms in total. The molecule has 0 unspecified atom stereocenters. The summed E-state index contributed by atoms with van der Waals surface area (Å²) in [6, 6.07) is 13.7. The van der Waals surface area contributed by atoms with Crippen LogP contribution in [0.3, 0.4) is 0 Å². The van der Waals surface area contributed by atoms with Crippen molar-refractivity contribution >= 4 is 11.3 Å². The molecule has 0 saturated heterocycles. The van der Waals surface area contributed by atoms with Gasteiger partial charge in [0.05, 0.1) is 17.5 Å². The molecule has 0 aliphatic carbocycles. The molecule has 3 aromatic rings. The molecule has 0 spiro atoms. The van der Waals surface area contributed by atoms with E-state index in [0.717, 1.165) is 11.4 Å². The highest BCUT2D eigenvalue weighted by Gasteiger charge is 2.15. The van der Waals surface area contributed by atoms with Gasteiger partial charge in [0, 0.05) is 13.1 Å². The van der Waals surface area contributed by atoms with E-state index in [1.165, 1.54) is 21.6 Å². The Kier molecular flexibility index (Phi) is 5.24. The maximum absolute atomic E-state index is 11.9. The van der Waals surface area contributed by atoms with E-state index in [-0.39, 0.29) is 6.54 Å². The van der Waals surface area contributed by atoms with Gasteiger partial charge in [-0.05, 0) is 24.1 Å². The maximum atomic E-state index is 11.9. The fourth-order valence-electron chi connectivity index (χ4n) is 2.50. The third kappa shape index (κ3) is 4.19. The predicted molar refractivity (Wildman–Crippen MR) is 92.9 cm³/mol. The highest BCUT2D eigenvalue weighted by Crippen LogP contribution is 2.21. The van der Waals surface area contributed by atoms with Crippen LogP contribution in [0.1, 0.15) is 5.56 Å². The summed E-state index contributed by atoms with van der Waals surface area (Å²) in [5.41, 5.74) is 1.17. The summed E-state index contributed by atoms with van der Waals surface area (Å²) in [5, 5.41) is 16.3. The summed E-state index contributed by atoms with van der Waals surface area (Å²) in [7, 11) is 1.93. The number of hydrogen-bond acceptors (Lipinski definition) is 6. The van der Waals surface area contributed by atoms with Gasteiger partial charge in [0.25, 0.3) is 5.89 Å². The van der Waals surface area contributed by atoms with Gasteiger partial charge >= 0.3 is 5.76 Å². The number of nitrogens with zero attached hydrogens (tertiary/aromatic N) is 3. The molecule has 0 radical (unpaired) electrons. The van der Waals surface area contributed by atoms with E-state index in [1.54, 1.807) is 0 Å². The molecule has 1 aromatic carbocycles. The fraction of sp³-hybridized carbons (Fsp3) is 0.294. The summed E-state index contributed by atoms with van der Waals surface area (Å²) in [5.74, 6) is -0.261. The molecule has 2 heterocycles. The van der Waals surface area contributed by atoms with Gasteiger partial charge in [0.1, 0.15) is 0 Å². The fourth-order valence-corrected chi connectivity index (χ4v) is 3.14. The standard InChI is InChI=1S/C17H19N3O3S/c1-19(10-13-6-3-2-4-7-13)11-14(21)12-20-17(22)23-16(18-20)15-8-5-9-24-15/h2-9,14,21H,10-12H2,1H3/t14-/m0/s1. The van der Waals surface area contributed by atoms with Gasteiger partial charge < -0.3 is 9.52 Å². The molecule has 7 heteroatoms. The van der Waals surface area contributed by atoms with Crippen molar-refractivity contribution in [2.24, 2.45) is 0 Å². The van der Waals surface area contributed by atoms with E-state index in [2.05, 4.69) is 5.10 Å². The Labute approximate surface area is 143 Å². The molecule has 24 heavy (non-hydrogen) atoms. The zero-order valence-corrected chi connectivity index (χ0v) is 14.1. The SMILES string of the molecule is CN(Cc1ccccc1)C[C@H](O)Cn1nc(-c2cccs2)oc1=O. The Balaban J connectivity index is 1.59. The highest BCUT2D eigenvalue weighted by atomic mass is 32.1. The van der Waals surface area contributed by atoms with E-state index >= 15 is 0 Å². The lowest BCUT2D eigenvalue weighted by molar-refractivity contribution is 0.102. The lowest BCUT2D eigenvalue weighted by Crippen LogP contribution is -2.34. The minimum absolute atomic E-state index is 0.104. The molecule has 2 aromatic heterocycles. The Hall–Kier alpha value is -2.22. The lowest BCUT2D eigenvalue weighted by atomic mass is 10.2. The maximum Gasteiger partial charge on any atom is 0.437 e. The number of rotatable bonds is 7. The second-order valence-electron chi connectivity index (χ2n) is 5.67. The van der Waals surface area contributed by atoms with Gasteiger partial charge in [-0.25, -0.2) is 4.79 Å². The van der Waals surface area contributed by atoms with Crippen molar-refractivity contribution in [3.8, 4) is 10.8 Å². The first kappa shape index (κ1) is 16.6. The molecular weight excluding hydrogens is 326 g/mol. The number of benzene rings is 1. The summed E-state index contributed by atoms with van der Waals surface area (Å²) in [4.78, 5) is 14.7. The molecule has 3 rings (SSSR count). The van der Waals surface area contributed by atoms with Crippen molar-refractivity contribution in [2.75, 3.05) is 13.6 Å². The van der Waals surface area contributed by atoms with E-state index < -0.39 is 11.9 Å². The van der Waals surface area contributed by atoms with Gasteiger partial charge in [0.2, 0.25) is 0 Å². The first-order valence-electron chi connectivity index (χ1n) is 7.64. The Morgan fingerprint density at radius 1 is 1.29 bits per heavy atom. The number of likely N-dealkylation sites (N-methyl/N-ethyl adjacent to an activating group) is 1. The number of aromatic nitrogens is 2. The Bertz CT molecular complexity index is 811. The number of hydrogen-bond donors (Lipinski definition) is 1. The van der Waals surface area contributed by atoms with Crippen LogP contribution in [-0.4, -0.2) is 39.5 Å². The third-order valence-electron chi connectivity index (χ3n) is 3.54. The van der Waals surface area contributed by atoms with E-state index in [1.807, 2.05) is 59.8 Å². The molecule has 0 amide bonds. The third-order valence-corrected chi connectivity index (χ3v) is 4.40. The number of aliphatic hydroxyl groups is 1. The van der Waals surface area contributed by atoms with Crippen LogP contribution in [0.2, 0.25) is 0 Å². The smallest absolute Gasteiger partial charge is 0.390 e. The zero-order valence-electron chi connectivity index (χ0n) is 13.3. The molecule has 1 N–H and O–H groups in total. The monoisotopic (exact) mass is 345 g/mol. The van der Waals surface area contributed by atoms with Crippen molar-refractivity contribution in [3.63, 3.8) is 0 Å². The Morgan fingerprint density at radius 2 is 2.08 bits per heavy atom. The lowest BCUT2D eigenvalue weighted by Gasteiger charge is -2.20. The number of thiophene rings is 1. The van der Waals surface area contributed by atoms with Crippen LogP contribution in [0.4, 0.5) is 0 Å². The summed E-state index contributed by atoms with van der Waals surface area (Å²) < 4.78 is 6.32. The summed E-state index contributed by atoms with van der Waals surface area (Å²) >= 11 is 1.45. The normalized spacial score (nSPS) is 12.6. The van der Waals surface area contributed by atoms with Crippen LogP contribution in [-0.2, 0) is 13.1 Å². The van der Waals surface area contributed by atoms with Crippen LogP contribution >= 0.6 is 11.3 Å². The van der Waals surface area contributed by atoms with Gasteiger partial charge in [-0.15, -0.1) is 16.4 Å². The van der Waals surface area contributed by atoms with Crippen molar-refractivity contribution < 1.29 is 9.52 Å². The van der Waals surface area contributed by atoms with Gasteiger partial charge in [-0.2, -0.15) is 4.68 Å². The highest BCUT2D eigenvalue weighted by molar-refractivity contribution is 7.13. The zero-order chi connectivity index (χ0) is 16.9. The first-order chi connectivity index (χ1) is 11.6. The predicted octanol–water partition coefficient (Wildman–Crippen LogP) is 2.06. The largest absolute Gasteiger partial charge is 0.437 e. The molecule has 0 saturated carbocycles. The van der Waals surface area contributed by atoms with Crippen molar-refractivity contribution in [2.45, 2.75) is 19.2 Å². The van der Waals surface area contributed by atoms with Crippen LogP contribution in [0.15, 0.2) is 57.1 Å². The summed E-state index contributed by atoms with van der Waals surface area (Å²) in [6.07, 6.45) is -0.710. The van der Waals surface area contributed by atoms with E-state index in [4.69, 9.17) is 4.42 Å². The van der Waals surface area contributed by atoms with Gasteiger partial charge in [-0.3, -0.25) is 4.90 Å². The second-order valence-corrected chi connectivity index (χ2v) is 6.62. The molecule has 0 fully saturated rings. The molecule has 0 bridgehead atoms. The summed E-state index contributed by atoms with van der Waals surface area (Å²) in [6.45, 7) is 1.27. The van der Waals surface area contributed by atoms with E-state index in [9.17, 15) is 9.90 Å². The molecule has 0 aliphatic heterocycles. The topological polar surface area (TPSA) is 71.5 Å². The van der Waals surface area contributed by atoms with Crippen molar-refractivity contribution in [1.29, 1.82) is 0 Å². The van der Waals surface area contributed by atoms with Crippen molar-refractivity contribution in [1.82, 2.24) is 14.7 Å². The second kappa shape index (κ2) is 7.57. The quantitative estimate of drug-likeness (QED) is 0.710. The van der Waals surface area contributed by atoms with Gasteiger partial charge in [-0.1, -0.05) is 36.4 Å². The number of aliphatic hydroxyl groups excluding tert-OH is 1. The van der Waals surface area contributed by atoms with Crippen LogP contribution in [0, 0.1) is 0 Å². The molecule has 126 valence electrons. The minimum Gasteiger partial charge on any atom is -0.390 e. The minimum atomic E-state index is -0.710. The van der Waals surface area contributed by atoms with Gasteiger partial charge in [0.15, 0.2) is 0 Å². The molecule has 0 aliphatic rings. The van der Waals surface area contributed by atoms with Crippen molar-refractivity contribution in [3.05, 3.63) is 64.0 Å². The molecular formula is C17H19N3O3S. The Morgan fingerprint density at radius 3 is 2.79 bits per heavy atom.